The molecule has 136 valence electrons. The van der Waals surface area contributed by atoms with Crippen molar-refractivity contribution in [2.75, 3.05) is 5.73 Å². The van der Waals surface area contributed by atoms with Crippen LogP contribution in [0.25, 0.3) is 16.9 Å². The minimum absolute atomic E-state index is 0.157. The lowest BCUT2D eigenvalue weighted by atomic mass is 10.1. The second-order valence-electron chi connectivity index (χ2n) is 5.49. The highest BCUT2D eigenvalue weighted by Gasteiger charge is 2.35. The van der Waals surface area contributed by atoms with Crippen LogP contribution >= 0.6 is 0 Å². The van der Waals surface area contributed by atoms with Crippen LogP contribution in [0, 0.1) is 0 Å². The second kappa shape index (κ2) is 6.15. The van der Waals surface area contributed by atoms with Crippen LogP contribution in [0.3, 0.4) is 0 Å². The van der Waals surface area contributed by atoms with Gasteiger partial charge in [0.15, 0.2) is 5.69 Å². The minimum Gasteiger partial charge on any atom is -0.399 e. The molecule has 1 aromatic heterocycles. The average Bonchev–Trinajstić information content (AvgIpc) is 3.00. The number of nitrogens with zero attached hydrogens (tertiary/aromatic N) is 2. The number of benzene rings is 2. The summed E-state index contributed by atoms with van der Waals surface area (Å²) in [6.07, 6.45) is -4.64. The Kier molecular flexibility index (Phi) is 4.24. The Morgan fingerprint density at radius 3 is 2.19 bits per heavy atom. The third-order valence-corrected chi connectivity index (χ3v) is 4.52. The molecule has 4 N–H and O–H groups in total. The molecule has 0 fully saturated rings. The first kappa shape index (κ1) is 18.0. The van der Waals surface area contributed by atoms with E-state index in [4.69, 9.17) is 10.9 Å². The molecule has 0 radical (unpaired) electrons. The van der Waals surface area contributed by atoms with Gasteiger partial charge in [0.1, 0.15) is 0 Å². The van der Waals surface area contributed by atoms with Crippen LogP contribution < -0.4 is 10.9 Å². The highest BCUT2D eigenvalue weighted by molar-refractivity contribution is 7.89. The molecule has 6 nitrogen and oxygen atoms in total. The third-order valence-electron chi connectivity index (χ3n) is 3.59. The van der Waals surface area contributed by atoms with Crippen LogP contribution in [-0.2, 0) is 16.2 Å². The number of hydrogen-bond donors (Lipinski definition) is 2. The Labute approximate surface area is 146 Å². The van der Waals surface area contributed by atoms with E-state index in [-0.39, 0.29) is 16.3 Å². The minimum atomic E-state index is -4.64. The molecule has 0 saturated heterocycles. The summed E-state index contributed by atoms with van der Waals surface area (Å²) in [7, 11) is -3.91. The maximum Gasteiger partial charge on any atom is 0.435 e. The molecule has 0 bridgehead atoms. The van der Waals surface area contributed by atoms with Gasteiger partial charge in [-0.15, -0.1) is 0 Å². The van der Waals surface area contributed by atoms with Crippen molar-refractivity contribution >= 4 is 15.7 Å². The van der Waals surface area contributed by atoms with Gasteiger partial charge in [-0.3, -0.25) is 0 Å². The van der Waals surface area contributed by atoms with Crippen molar-refractivity contribution in [2.45, 2.75) is 11.1 Å². The summed E-state index contributed by atoms with van der Waals surface area (Å²) >= 11 is 0. The fraction of sp³-hybridized carbons (Fsp3) is 0.0625. The molecular weight excluding hydrogens is 369 g/mol. The van der Waals surface area contributed by atoms with Crippen molar-refractivity contribution in [2.24, 2.45) is 5.14 Å². The molecule has 0 aliphatic heterocycles. The second-order valence-corrected chi connectivity index (χ2v) is 7.05. The fourth-order valence-corrected chi connectivity index (χ4v) is 2.91. The first-order valence-corrected chi connectivity index (χ1v) is 8.77. The molecule has 3 aromatic rings. The molecule has 0 aliphatic carbocycles. The summed E-state index contributed by atoms with van der Waals surface area (Å²) in [5.74, 6) is 0. The predicted octanol–water partition coefficient (Wildman–Crippen LogP) is 2.79. The normalized spacial score (nSPS) is 12.3. The Morgan fingerprint density at radius 1 is 1.00 bits per heavy atom. The standard InChI is InChI=1S/C16H13F3N4O2S/c17-16(18,19)15-9-14(10-2-1-3-11(20)8-10)23(22-15)12-4-6-13(7-5-12)26(21,24)25/h1-9H,20H2,(H2,21,24,25). The lowest BCUT2D eigenvalue weighted by Gasteiger charge is -2.09. The van der Waals surface area contributed by atoms with Crippen molar-refractivity contribution in [1.29, 1.82) is 0 Å². The van der Waals surface area contributed by atoms with Crippen molar-refractivity contribution < 1.29 is 21.6 Å². The number of aromatic nitrogens is 2. The van der Waals surface area contributed by atoms with Crippen molar-refractivity contribution in [3.05, 3.63) is 60.3 Å². The lowest BCUT2D eigenvalue weighted by Crippen LogP contribution is -2.12. The van der Waals surface area contributed by atoms with Gasteiger partial charge >= 0.3 is 6.18 Å². The van der Waals surface area contributed by atoms with Gasteiger partial charge in [-0.1, -0.05) is 12.1 Å². The number of rotatable bonds is 3. The van der Waals surface area contributed by atoms with Crippen LogP contribution in [0.5, 0.6) is 0 Å². The van der Waals surface area contributed by atoms with Gasteiger partial charge in [0, 0.05) is 11.3 Å². The van der Waals surface area contributed by atoms with Gasteiger partial charge in [-0.25, -0.2) is 18.2 Å². The predicted molar refractivity (Wildman–Crippen MR) is 89.8 cm³/mol. The van der Waals surface area contributed by atoms with E-state index < -0.39 is 21.9 Å². The van der Waals surface area contributed by atoms with Gasteiger partial charge in [0.05, 0.1) is 16.3 Å². The van der Waals surface area contributed by atoms with Crippen molar-refractivity contribution in [3.8, 4) is 16.9 Å². The molecule has 3 rings (SSSR count). The quantitative estimate of drug-likeness (QED) is 0.680. The number of nitrogen functional groups attached to an aromatic ring is 1. The van der Waals surface area contributed by atoms with E-state index in [1.807, 2.05) is 0 Å². The van der Waals surface area contributed by atoms with E-state index in [2.05, 4.69) is 5.10 Å². The first-order chi connectivity index (χ1) is 12.1. The summed E-state index contributed by atoms with van der Waals surface area (Å²) in [5.41, 5.74) is 5.85. The number of anilines is 1. The molecule has 0 amide bonds. The van der Waals surface area contributed by atoms with Crippen LogP contribution in [0.4, 0.5) is 18.9 Å². The zero-order chi connectivity index (χ0) is 19.1. The van der Waals surface area contributed by atoms with E-state index in [0.29, 0.717) is 11.3 Å². The molecule has 10 heteroatoms. The topological polar surface area (TPSA) is 104 Å². The number of nitrogens with two attached hydrogens (primary N) is 2. The van der Waals surface area contributed by atoms with E-state index >= 15 is 0 Å². The van der Waals surface area contributed by atoms with Gasteiger partial charge in [0.25, 0.3) is 0 Å². The SMILES string of the molecule is Nc1cccc(-c2cc(C(F)(F)F)nn2-c2ccc(S(N)(=O)=O)cc2)c1. The Morgan fingerprint density at radius 2 is 1.65 bits per heavy atom. The molecule has 0 atom stereocenters. The number of sulfonamides is 1. The molecular formula is C16H13F3N4O2S. The number of halogens is 3. The van der Waals surface area contributed by atoms with E-state index in [1.165, 1.54) is 30.3 Å². The number of primary sulfonamides is 1. The summed E-state index contributed by atoms with van der Waals surface area (Å²) in [6.45, 7) is 0. The van der Waals surface area contributed by atoms with Gasteiger partial charge in [-0.2, -0.15) is 18.3 Å². The molecule has 0 unspecified atom stereocenters. The maximum atomic E-state index is 13.1. The summed E-state index contributed by atoms with van der Waals surface area (Å²) < 4.78 is 63.1. The zero-order valence-electron chi connectivity index (χ0n) is 13.1. The van der Waals surface area contributed by atoms with Crippen LogP contribution in [0.15, 0.2) is 59.5 Å². The van der Waals surface area contributed by atoms with Gasteiger partial charge in [0.2, 0.25) is 10.0 Å². The van der Waals surface area contributed by atoms with Gasteiger partial charge < -0.3 is 5.73 Å². The zero-order valence-corrected chi connectivity index (χ0v) is 13.9. The highest BCUT2D eigenvalue weighted by Crippen LogP contribution is 2.33. The molecule has 26 heavy (non-hydrogen) atoms. The molecule has 1 heterocycles. The number of alkyl halides is 3. The van der Waals surface area contributed by atoms with E-state index in [1.54, 1.807) is 18.2 Å². The van der Waals surface area contributed by atoms with Crippen LogP contribution in [0.1, 0.15) is 5.69 Å². The van der Waals surface area contributed by atoms with Crippen molar-refractivity contribution in [1.82, 2.24) is 9.78 Å². The van der Waals surface area contributed by atoms with E-state index in [0.717, 1.165) is 10.7 Å². The van der Waals surface area contributed by atoms with E-state index in [9.17, 15) is 21.6 Å². The fourth-order valence-electron chi connectivity index (χ4n) is 2.40. The Bertz CT molecular complexity index is 1060. The molecule has 2 aromatic carbocycles. The monoisotopic (exact) mass is 382 g/mol. The van der Waals surface area contributed by atoms with Gasteiger partial charge in [-0.05, 0) is 42.5 Å². The Balaban J connectivity index is 2.18. The molecule has 0 spiro atoms. The summed E-state index contributed by atoms with van der Waals surface area (Å²) in [4.78, 5) is -0.157. The smallest absolute Gasteiger partial charge is 0.399 e. The van der Waals surface area contributed by atoms with Crippen molar-refractivity contribution in [3.63, 3.8) is 0 Å². The highest BCUT2D eigenvalue weighted by atomic mass is 32.2. The number of hydrogen-bond acceptors (Lipinski definition) is 4. The average molecular weight is 382 g/mol. The lowest BCUT2D eigenvalue weighted by molar-refractivity contribution is -0.141. The molecule has 0 aliphatic rings. The van der Waals surface area contributed by atoms with Crippen LogP contribution in [-0.4, -0.2) is 18.2 Å². The maximum absolute atomic E-state index is 13.1. The first-order valence-electron chi connectivity index (χ1n) is 7.22. The third kappa shape index (κ3) is 3.55. The Hall–Kier alpha value is -2.85. The molecule has 0 saturated carbocycles. The summed E-state index contributed by atoms with van der Waals surface area (Å²) in [6, 6.07) is 12.3. The largest absolute Gasteiger partial charge is 0.435 e. The van der Waals surface area contributed by atoms with Crippen LogP contribution in [0.2, 0.25) is 0 Å². The summed E-state index contributed by atoms with van der Waals surface area (Å²) in [5, 5.41) is 8.65.